The van der Waals surface area contributed by atoms with Crippen LogP contribution in [0.5, 0.6) is 0 Å². The second-order valence-corrected chi connectivity index (χ2v) is 3.61. The van der Waals surface area contributed by atoms with Crippen LogP contribution in [-0.2, 0) is 19.6 Å². The van der Waals surface area contributed by atoms with Crippen LogP contribution in [0.2, 0.25) is 0 Å². The van der Waals surface area contributed by atoms with Gasteiger partial charge in [0.15, 0.2) is 0 Å². The Bertz CT molecular complexity index is 247. The van der Waals surface area contributed by atoms with Crippen molar-refractivity contribution in [2.24, 2.45) is 0 Å². The van der Waals surface area contributed by atoms with E-state index in [2.05, 4.69) is 4.74 Å². The van der Waals surface area contributed by atoms with Gasteiger partial charge < -0.3 is 24.9 Å². The minimum Gasteiger partial charge on any atom is -0.549 e. The van der Waals surface area contributed by atoms with Crippen molar-refractivity contribution < 1.29 is 67.4 Å². The molecule has 0 saturated carbocycles. The third kappa shape index (κ3) is 29.2. The average Bonchev–Trinajstić information content (AvgIpc) is 2.01. The Morgan fingerprint density at radius 1 is 1.19 bits per heavy atom. The number of rotatable bonds is 6. The average molecular weight is 268 g/mol. The van der Waals surface area contributed by atoms with Gasteiger partial charge in [0.25, 0.3) is 10.1 Å². The summed E-state index contributed by atoms with van der Waals surface area (Å²) in [4.78, 5) is 9.36. The van der Waals surface area contributed by atoms with Crippen LogP contribution in [0.3, 0.4) is 0 Å². The number of aliphatic hydroxyl groups is 2. The zero-order valence-corrected chi connectivity index (χ0v) is 11.6. The summed E-state index contributed by atoms with van der Waals surface area (Å²) < 4.78 is 31.5. The topological polar surface area (TPSA) is 144 Å². The first-order valence-corrected chi connectivity index (χ1v) is 5.39. The first kappa shape index (κ1) is 21.5. The fourth-order valence-electron chi connectivity index (χ4n) is 0.380. The van der Waals surface area contributed by atoms with Crippen LogP contribution < -0.4 is 34.7 Å². The van der Waals surface area contributed by atoms with Crippen LogP contribution in [-0.4, -0.2) is 61.3 Å². The minimum absolute atomic E-state index is 0. The Morgan fingerprint density at radius 3 is 1.69 bits per heavy atom. The van der Waals surface area contributed by atoms with Crippen LogP contribution >= 0.6 is 0 Å². The summed E-state index contributed by atoms with van der Waals surface area (Å²) in [6.07, 6.45) is 0. The van der Waals surface area contributed by atoms with Crippen molar-refractivity contribution in [1.82, 2.24) is 0 Å². The quantitative estimate of drug-likeness (QED) is 0.245. The zero-order valence-electron chi connectivity index (χ0n) is 8.83. The van der Waals surface area contributed by atoms with E-state index >= 15 is 0 Å². The van der Waals surface area contributed by atoms with Gasteiger partial charge in [-0.25, -0.2) is 0 Å². The molecule has 0 amide bonds. The molecule has 92 valence electrons. The van der Waals surface area contributed by atoms with Gasteiger partial charge in [-0.3, -0.25) is 4.55 Å². The number of hydrogen-bond acceptors (Lipinski definition) is 7. The molecule has 0 spiro atoms. The van der Waals surface area contributed by atoms with Gasteiger partial charge in [0.05, 0.1) is 32.4 Å². The third-order valence-corrected chi connectivity index (χ3v) is 1.37. The normalized spacial score (nSPS) is 9.69. The Morgan fingerprint density at radius 2 is 1.56 bits per heavy atom. The summed E-state index contributed by atoms with van der Waals surface area (Å²) in [5.74, 6) is -3.15. The number of aliphatic carboxylic acids is 1. The second-order valence-electron chi connectivity index (χ2n) is 2.16. The molecule has 0 aliphatic rings. The summed E-state index contributed by atoms with van der Waals surface area (Å²) in [6.45, 7) is 0.696. The smallest absolute Gasteiger partial charge is 0.549 e. The van der Waals surface area contributed by atoms with Crippen molar-refractivity contribution in [2.75, 3.05) is 32.2 Å². The van der Waals surface area contributed by atoms with E-state index in [4.69, 9.17) is 14.8 Å². The molecule has 0 atom stereocenters. The van der Waals surface area contributed by atoms with Gasteiger partial charge in [0.1, 0.15) is 5.75 Å². The van der Waals surface area contributed by atoms with Crippen LogP contribution in [0.4, 0.5) is 0 Å². The molecule has 0 saturated heterocycles. The number of carbonyl (C=O) groups excluding carboxylic acids is 1. The molecule has 16 heavy (non-hydrogen) atoms. The Labute approximate surface area is 115 Å². The predicted octanol–water partition coefficient (Wildman–Crippen LogP) is -6.38. The van der Waals surface area contributed by atoms with Crippen molar-refractivity contribution in [3.63, 3.8) is 0 Å². The van der Waals surface area contributed by atoms with E-state index in [1.54, 1.807) is 0 Å². The fourth-order valence-corrected chi connectivity index (χ4v) is 0.678. The van der Waals surface area contributed by atoms with Gasteiger partial charge >= 0.3 is 29.6 Å². The summed E-state index contributed by atoms with van der Waals surface area (Å²) >= 11 is 0. The van der Waals surface area contributed by atoms with Gasteiger partial charge in [-0.15, -0.1) is 0 Å². The van der Waals surface area contributed by atoms with Crippen molar-refractivity contribution >= 4 is 16.1 Å². The Balaban J connectivity index is -0.000000200. The van der Waals surface area contributed by atoms with E-state index in [0.29, 0.717) is 13.2 Å². The monoisotopic (exact) mass is 268 g/mol. The first-order valence-electron chi connectivity index (χ1n) is 3.78. The van der Waals surface area contributed by atoms with E-state index in [1.807, 2.05) is 0 Å². The molecule has 3 N–H and O–H groups in total. The molecule has 0 aliphatic carbocycles. The molecule has 0 aromatic rings. The number of hydrogen-bond donors (Lipinski definition) is 3. The molecule has 0 bridgehead atoms. The molecule has 0 heterocycles. The van der Waals surface area contributed by atoms with Gasteiger partial charge in [0.2, 0.25) is 0 Å². The number of carboxylic acid groups (broad SMARTS) is 1. The maximum Gasteiger partial charge on any atom is 1.00 e. The van der Waals surface area contributed by atoms with Crippen LogP contribution in [0.15, 0.2) is 0 Å². The number of carboxylic acids is 1. The number of ether oxygens (including phenoxy) is 1. The third-order valence-electron chi connectivity index (χ3n) is 0.772. The summed E-state index contributed by atoms with van der Waals surface area (Å²) in [5, 5.41) is 25.5. The molecule has 0 aliphatic heterocycles. The first-order chi connectivity index (χ1) is 6.83. The molecular weight excluding hydrogens is 255 g/mol. The molecule has 0 unspecified atom stereocenters. The summed E-state index contributed by atoms with van der Waals surface area (Å²) in [5.41, 5.74) is 0. The minimum atomic E-state index is -4.39. The maximum absolute atomic E-state index is 9.58. The summed E-state index contributed by atoms with van der Waals surface area (Å²) in [6, 6.07) is 0. The summed E-state index contributed by atoms with van der Waals surface area (Å²) in [7, 11) is -4.39. The Kier molecular flexibility index (Phi) is 17.9. The Hall–Kier alpha value is 0.260. The van der Waals surface area contributed by atoms with E-state index in [1.165, 1.54) is 0 Å². The van der Waals surface area contributed by atoms with Gasteiger partial charge in [-0.1, -0.05) is 0 Å². The largest absolute Gasteiger partial charge is 1.00 e. The van der Waals surface area contributed by atoms with Gasteiger partial charge in [-0.2, -0.15) is 8.42 Å². The molecule has 0 rings (SSSR count). The van der Waals surface area contributed by atoms with E-state index in [-0.39, 0.29) is 42.8 Å². The second kappa shape index (κ2) is 13.3. The van der Waals surface area contributed by atoms with Crippen molar-refractivity contribution in [2.45, 2.75) is 0 Å². The van der Waals surface area contributed by atoms with E-state index in [0.717, 1.165) is 0 Å². The molecule has 0 fully saturated rings. The van der Waals surface area contributed by atoms with Crippen molar-refractivity contribution in [3.05, 3.63) is 0 Å². The van der Waals surface area contributed by atoms with E-state index in [9.17, 15) is 18.3 Å². The standard InChI is InChI=1S/C4H10O3.C2H4O5S.Na/c5-1-3-7-4-2-6;3-2(4)1-8(5,6)7;/h5-6H,1-4H2;1H2,(H,3,4)(H,5,6,7);/q;;+1/p-1. The van der Waals surface area contributed by atoms with Crippen molar-refractivity contribution in [1.29, 1.82) is 0 Å². The van der Waals surface area contributed by atoms with Crippen molar-refractivity contribution in [3.8, 4) is 0 Å². The number of aliphatic hydroxyl groups excluding tert-OH is 2. The maximum atomic E-state index is 9.58. The van der Waals surface area contributed by atoms with Crippen LogP contribution in [0, 0.1) is 0 Å². The molecule has 0 aromatic heterocycles. The molecular formula is C6H13NaO8S. The van der Waals surface area contributed by atoms with Gasteiger partial charge in [-0.05, 0) is 0 Å². The van der Waals surface area contributed by atoms with E-state index < -0.39 is 21.8 Å². The number of carbonyl (C=O) groups is 1. The molecule has 0 radical (unpaired) electrons. The zero-order chi connectivity index (χ0) is 12.3. The molecule has 8 nitrogen and oxygen atoms in total. The van der Waals surface area contributed by atoms with Crippen LogP contribution in [0.25, 0.3) is 0 Å². The fraction of sp³-hybridized carbons (Fsp3) is 0.833. The van der Waals surface area contributed by atoms with Crippen LogP contribution in [0.1, 0.15) is 0 Å². The molecule has 0 aromatic carbocycles. The SMILES string of the molecule is O=C([O-])CS(=O)(=O)O.OCCOCCO.[Na+]. The van der Waals surface area contributed by atoms with Gasteiger partial charge in [0, 0.05) is 0 Å². The molecule has 10 heteroatoms. The predicted molar refractivity (Wildman–Crippen MR) is 46.4 cm³/mol.